The summed E-state index contributed by atoms with van der Waals surface area (Å²) >= 11 is 0. The van der Waals surface area contributed by atoms with Crippen LogP contribution < -0.4 is 20.7 Å². The van der Waals surface area contributed by atoms with E-state index in [1.165, 1.54) is 13.2 Å². The van der Waals surface area contributed by atoms with Crippen molar-refractivity contribution in [3.8, 4) is 34.2 Å². The Balaban J connectivity index is 1.37. The van der Waals surface area contributed by atoms with Gasteiger partial charge in [-0.15, -0.1) is 0 Å². The Morgan fingerprint density at radius 3 is 2.79 bits per heavy atom. The summed E-state index contributed by atoms with van der Waals surface area (Å²) in [5.74, 6) is 0.783. The summed E-state index contributed by atoms with van der Waals surface area (Å²) in [7, 11) is 1.46. The van der Waals surface area contributed by atoms with Crippen LogP contribution in [0.4, 0.5) is 21.7 Å². The summed E-state index contributed by atoms with van der Waals surface area (Å²) < 4.78 is 22.3. The zero-order valence-corrected chi connectivity index (χ0v) is 21.6. The molecule has 0 radical (unpaired) electrons. The van der Waals surface area contributed by atoms with Crippen LogP contribution in [0.15, 0.2) is 55.0 Å². The molecule has 3 N–H and O–H groups in total. The predicted octanol–water partition coefficient (Wildman–Crippen LogP) is 5.03. The number of ether oxygens (including phenoxy) is 1. The molecule has 2 fully saturated rings. The number of hydrogen-bond acceptors (Lipinski definition) is 8. The molecule has 1 aliphatic carbocycles. The largest absolute Gasteiger partial charge is 0.496 e. The monoisotopic (exact) mass is 524 g/mol. The second-order valence-corrected chi connectivity index (χ2v) is 10.0. The van der Waals surface area contributed by atoms with Crippen molar-refractivity contribution in [1.29, 1.82) is 5.26 Å². The fourth-order valence-corrected chi connectivity index (χ4v) is 5.09. The number of anilines is 3. The lowest BCUT2D eigenvalue weighted by Crippen LogP contribution is -2.43. The first-order chi connectivity index (χ1) is 19.0. The molecule has 4 heterocycles. The van der Waals surface area contributed by atoms with Crippen LogP contribution >= 0.6 is 0 Å². The SMILES string of the molecule is COc1cccc(F)c1-c1nc(Nc2cc(N3CCC[C@H](N)C3)c(-c3cnn(C4CC4)c3)cn2)ccc1C#N. The van der Waals surface area contributed by atoms with Crippen molar-refractivity contribution in [3.05, 3.63) is 66.4 Å². The second-order valence-electron chi connectivity index (χ2n) is 10.0. The van der Waals surface area contributed by atoms with Crippen LogP contribution in [-0.2, 0) is 0 Å². The van der Waals surface area contributed by atoms with Gasteiger partial charge in [0.15, 0.2) is 0 Å². The van der Waals surface area contributed by atoms with Gasteiger partial charge in [-0.2, -0.15) is 10.4 Å². The zero-order chi connectivity index (χ0) is 26.9. The minimum absolute atomic E-state index is 0.101. The second kappa shape index (κ2) is 10.3. The summed E-state index contributed by atoms with van der Waals surface area (Å²) in [6.07, 6.45) is 10.2. The Bertz CT molecular complexity index is 1560. The lowest BCUT2D eigenvalue weighted by atomic mass is 10.0. The number of benzene rings is 1. The summed E-state index contributed by atoms with van der Waals surface area (Å²) in [4.78, 5) is 11.6. The molecule has 10 heteroatoms. The zero-order valence-electron chi connectivity index (χ0n) is 21.6. The highest BCUT2D eigenvalue weighted by molar-refractivity contribution is 5.80. The number of halogens is 1. The van der Waals surface area contributed by atoms with Gasteiger partial charge in [0.25, 0.3) is 0 Å². The molecule has 1 atom stereocenters. The maximum Gasteiger partial charge on any atom is 0.136 e. The first-order valence-corrected chi connectivity index (χ1v) is 13.1. The topological polar surface area (TPSA) is 118 Å². The third kappa shape index (κ3) is 5.01. The van der Waals surface area contributed by atoms with Gasteiger partial charge in [0.2, 0.25) is 0 Å². The molecular weight excluding hydrogens is 495 g/mol. The number of nitriles is 1. The highest BCUT2D eigenvalue weighted by atomic mass is 19.1. The maximum atomic E-state index is 14.9. The molecule has 9 nitrogen and oxygen atoms in total. The van der Waals surface area contributed by atoms with Gasteiger partial charge in [0, 0.05) is 54.4 Å². The van der Waals surface area contributed by atoms with Gasteiger partial charge >= 0.3 is 0 Å². The first-order valence-electron chi connectivity index (χ1n) is 13.1. The van der Waals surface area contributed by atoms with E-state index >= 15 is 0 Å². The third-order valence-electron chi connectivity index (χ3n) is 7.22. The van der Waals surface area contributed by atoms with E-state index in [9.17, 15) is 9.65 Å². The smallest absolute Gasteiger partial charge is 0.136 e. The molecule has 4 aromatic rings. The Labute approximate surface area is 226 Å². The first kappa shape index (κ1) is 24.8. The van der Waals surface area contributed by atoms with Crippen molar-refractivity contribution in [2.45, 2.75) is 37.8 Å². The molecule has 198 valence electrons. The molecular formula is C29H29FN8O. The standard InChI is InChI=1S/C29H29FN8O/c1-39-25-6-2-5-23(30)28(25)29-18(13-31)7-10-26(36-29)35-27-12-24(37-11-3-4-20(32)17-37)22(15-33-27)19-14-34-38(16-19)21-8-9-21/h2,5-7,10,12,14-16,20-21H,3-4,8-9,11,17,32H2,1H3,(H,33,35,36)/t20-/m0/s1. The minimum Gasteiger partial charge on any atom is -0.496 e. The van der Waals surface area contributed by atoms with Crippen LogP contribution in [0, 0.1) is 17.1 Å². The number of hydrogen-bond donors (Lipinski definition) is 2. The van der Waals surface area contributed by atoms with E-state index in [2.05, 4.69) is 37.5 Å². The van der Waals surface area contributed by atoms with E-state index in [4.69, 9.17) is 10.5 Å². The average molecular weight is 525 g/mol. The number of aromatic nitrogens is 4. The summed E-state index contributed by atoms with van der Waals surface area (Å²) in [5, 5.41) is 17.5. The van der Waals surface area contributed by atoms with Gasteiger partial charge in [-0.1, -0.05) is 6.07 Å². The van der Waals surface area contributed by atoms with E-state index in [1.807, 2.05) is 23.1 Å². The number of nitrogens with one attached hydrogen (secondary N) is 1. The molecule has 0 amide bonds. The van der Waals surface area contributed by atoms with Gasteiger partial charge < -0.3 is 20.7 Å². The van der Waals surface area contributed by atoms with Gasteiger partial charge in [0.05, 0.1) is 36.2 Å². The third-order valence-corrected chi connectivity index (χ3v) is 7.22. The minimum atomic E-state index is -0.520. The Morgan fingerprint density at radius 1 is 1.15 bits per heavy atom. The maximum absolute atomic E-state index is 14.9. The van der Waals surface area contributed by atoms with Crippen molar-refractivity contribution in [2.24, 2.45) is 5.73 Å². The number of nitrogens with zero attached hydrogens (tertiary/aromatic N) is 6. The Hall–Kier alpha value is -4.49. The predicted molar refractivity (Wildman–Crippen MR) is 147 cm³/mol. The fraction of sp³-hybridized carbons (Fsp3) is 0.310. The molecule has 0 bridgehead atoms. The fourth-order valence-electron chi connectivity index (χ4n) is 5.09. The molecule has 6 rings (SSSR count). The number of methoxy groups -OCH3 is 1. The van der Waals surface area contributed by atoms with Gasteiger partial charge in [-0.05, 0) is 49.9 Å². The van der Waals surface area contributed by atoms with Gasteiger partial charge in [-0.25, -0.2) is 14.4 Å². The molecule has 0 unspecified atom stereocenters. The lowest BCUT2D eigenvalue weighted by molar-refractivity contribution is 0.413. The van der Waals surface area contributed by atoms with Crippen LogP contribution in [0.3, 0.4) is 0 Å². The van der Waals surface area contributed by atoms with Crippen molar-refractivity contribution in [3.63, 3.8) is 0 Å². The van der Waals surface area contributed by atoms with Gasteiger partial charge in [-0.3, -0.25) is 4.68 Å². The van der Waals surface area contributed by atoms with Crippen LogP contribution in [0.25, 0.3) is 22.4 Å². The molecule has 1 saturated heterocycles. The molecule has 39 heavy (non-hydrogen) atoms. The Morgan fingerprint density at radius 2 is 2.03 bits per heavy atom. The van der Waals surface area contributed by atoms with E-state index in [1.54, 1.807) is 24.3 Å². The van der Waals surface area contributed by atoms with Crippen LogP contribution in [0.1, 0.15) is 37.3 Å². The Kier molecular flexibility index (Phi) is 6.59. The van der Waals surface area contributed by atoms with Crippen LogP contribution in [-0.4, -0.2) is 46.0 Å². The van der Waals surface area contributed by atoms with Crippen LogP contribution in [0.2, 0.25) is 0 Å². The number of nitrogens with two attached hydrogens (primary N) is 1. The van der Waals surface area contributed by atoms with Crippen molar-refractivity contribution >= 4 is 17.3 Å². The van der Waals surface area contributed by atoms with Crippen LogP contribution in [0.5, 0.6) is 5.75 Å². The normalized spacial score (nSPS) is 17.1. The average Bonchev–Trinajstić information content (AvgIpc) is 3.69. The highest BCUT2D eigenvalue weighted by Crippen LogP contribution is 2.39. The summed E-state index contributed by atoms with van der Waals surface area (Å²) in [5.41, 5.74) is 9.93. The highest BCUT2D eigenvalue weighted by Gasteiger charge is 2.26. The van der Waals surface area contributed by atoms with E-state index in [0.29, 0.717) is 23.4 Å². The van der Waals surface area contributed by atoms with E-state index in [-0.39, 0.29) is 22.9 Å². The summed E-state index contributed by atoms with van der Waals surface area (Å²) in [6, 6.07) is 12.5. The van der Waals surface area contributed by atoms with Crippen molar-refractivity contribution in [1.82, 2.24) is 19.7 Å². The number of rotatable bonds is 7. The van der Waals surface area contributed by atoms with E-state index in [0.717, 1.165) is 55.6 Å². The number of piperidine rings is 1. The van der Waals surface area contributed by atoms with Crippen molar-refractivity contribution < 1.29 is 9.13 Å². The van der Waals surface area contributed by atoms with Gasteiger partial charge in [0.1, 0.15) is 29.3 Å². The molecule has 1 aliphatic heterocycles. The quantitative estimate of drug-likeness (QED) is 0.346. The molecule has 1 aromatic carbocycles. The lowest BCUT2D eigenvalue weighted by Gasteiger charge is -2.34. The molecule has 1 saturated carbocycles. The number of pyridine rings is 2. The van der Waals surface area contributed by atoms with E-state index < -0.39 is 5.82 Å². The molecule has 0 spiro atoms. The molecule has 3 aromatic heterocycles. The molecule has 2 aliphatic rings. The summed E-state index contributed by atoms with van der Waals surface area (Å²) in [6.45, 7) is 1.65. The van der Waals surface area contributed by atoms with Crippen molar-refractivity contribution in [2.75, 3.05) is 30.4 Å².